The number of benzene rings is 2. The number of amides is 1. The van der Waals surface area contributed by atoms with Crippen molar-refractivity contribution in [1.29, 1.82) is 5.26 Å². The van der Waals surface area contributed by atoms with Crippen molar-refractivity contribution in [3.05, 3.63) is 59.2 Å². The van der Waals surface area contributed by atoms with Crippen LogP contribution >= 0.6 is 0 Å². The Morgan fingerprint density at radius 3 is 2.58 bits per heavy atom. The molecule has 0 atom stereocenters. The van der Waals surface area contributed by atoms with E-state index in [1.54, 1.807) is 24.3 Å². The normalized spacial score (nSPS) is 10.8. The van der Waals surface area contributed by atoms with Crippen LogP contribution in [0.5, 0.6) is 11.5 Å². The number of aromatic hydroxyl groups is 1. The van der Waals surface area contributed by atoms with Gasteiger partial charge in [0.1, 0.15) is 11.6 Å². The maximum Gasteiger partial charge on any atom is 0.266 e. The molecule has 122 valence electrons. The summed E-state index contributed by atoms with van der Waals surface area (Å²) in [4.78, 5) is 12.2. The summed E-state index contributed by atoms with van der Waals surface area (Å²) < 4.78 is 5.02. The first-order chi connectivity index (χ1) is 11.6. The molecule has 0 aliphatic heterocycles. The highest BCUT2D eigenvalue weighted by atomic mass is 16.5. The van der Waals surface area contributed by atoms with Crippen molar-refractivity contribution in [2.24, 2.45) is 0 Å². The Bertz CT molecular complexity index is 802. The summed E-state index contributed by atoms with van der Waals surface area (Å²) in [5.74, 6) is -0.223. The zero-order valence-corrected chi connectivity index (χ0v) is 13.5. The molecule has 0 radical (unpaired) electrons. The van der Waals surface area contributed by atoms with Crippen LogP contribution in [0.1, 0.15) is 18.1 Å². The predicted molar refractivity (Wildman–Crippen MR) is 92.7 cm³/mol. The van der Waals surface area contributed by atoms with Crippen LogP contribution in [0, 0.1) is 11.3 Å². The molecular weight excluding hydrogens is 304 g/mol. The van der Waals surface area contributed by atoms with Crippen molar-refractivity contribution >= 4 is 17.7 Å². The molecule has 0 aliphatic rings. The van der Waals surface area contributed by atoms with E-state index < -0.39 is 5.91 Å². The fourth-order valence-electron chi connectivity index (χ4n) is 2.12. The van der Waals surface area contributed by atoms with Crippen LogP contribution in [-0.4, -0.2) is 18.1 Å². The van der Waals surface area contributed by atoms with Gasteiger partial charge in [-0.05, 0) is 47.9 Å². The van der Waals surface area contributed by atoms with E-state index >= 15 is 0 Å². The lowest BCUT2D eigenvalue weighted by molar-refractivity contribution is -0.112. The summed E-state index contributed by atoms with van der Waals surface area (Å²) in [6.07, 6.45) is 2.36. The number of nitrogens with zero attached hydrogens (tertiary/aromatic N) is 1. The van der Waals surface area contributed by atoms with Crippen LogP contribution in [0.15, 0.2) is 48.0 Å². The summed E-state index contributed by atoms with van der Waals surface area (Å²) in [7, 11) is 1.43. The third kappa shape index (κ3) is 4.14. The van der Waals surface area contributed by atoms with Crippen LogP contribution in [-0.2, 0) is 11.2 Å². The molecule has 24 heavy (non-hydrogen) atoms. The second-order valence-electron chi connectivity index (χ2n) is 5.11. The number of methoxy groups -OCH3 is 1. The average Bonchev–Trinajstić information content (AvgIpc) is 2.61. The van der Waals surface area contributed by atoms with Crippen molar-refractivity contribution in [2.45, 2.75) is 13.3 Å². The average molecular weight is 322 g/mol. The maximum atomic E-state index is 12.2. The lowest BCUT2D eigenvalue weighted by atomic mass is 10.1. The van der Waals surface area contributed by atoms with Crippen LogP contribution in [0.4, 0.5) is 5.69 Å². The van der Waals surface area contributed by atoms with Gasteiger partial charge < -0.3 is 15.2 Å². The van der Waals surface area contributed by atoms with Gasteiger partial charge in [-0.2, -0.15) is 5.26 Å². The highest BCUT2D eigenvalue weighted by Gasteiger charge is 2.10. The van der Waals surface area contributed by atoms with E-state index in [4.69, 9.17) is 4.74 Å². The number of carbonyl (C=O) groups excluding carboxylic acids is 1. The van der Waals surface area contributed by atoms with Gasteiger partial charge in [-0.25, -0.2) is 0 Å². The highest BCUT2D eigenvalue weighted by Crippen LogP contribution is 2.27. The summed E-state index contributed by atoms with van der Waals surface area (Å²) in [5, 5.41) is 21.5. The minimum Gasteiger partial charge on any atom is -0.504 e. The largest absolute Gasteiger partial charge is 0.504 e. The van der Waals surface area contributed by atoms with E-state index in [-0.39, 0.29) is 17.1 Å². The Hall–Kier alpha value is -3.26. The third-order valence-corrected chi connectivity index (χ3v) is 3.50. The van der Waals surface area contributed by atoms with Crippen molar-refractivity contribution in [1.82, 2.24) is 0 Å². The first-order valence-corrected chi connectivity index (χ1v) is 7.46. The fourth-order valence-corrected chi connectivity index (χ4v) is 2.12. The van der Waals surface area contributed by atoms with E-state index in [9.17, 15) is 15.2 Å². The molecule has 5 nitrogen and oxygen atoms in total. The van der Waals surface area contributed by atoms with E-state index in [2.05, 4.69) is 12.2 Å². The minimum absolute atomic E-state index is 0.00590. The summed E-state index contributed by atoms with van der Waals surface area (Å²) in [6, 6.07) is 13.9. The lowest BCUT2D eigenvalue weighted by Gasteiger charge is -2.06. The van der Waals surface area contributed by atoms with Gasteiger partial charge >= 0.3 is 0 Å². The molecule has 0 unspecified atom stereocenters. The lowest BCUT2D eigenvalue weighted by Crippen LogP contribution is -2.13. The minimum atomic E-state index is -0.492. The number of hydrogen-bond acceptors (Lipinski definition) is 4. The van der Waals surface area contributed by atoms with Gasteiger partial charge in [-0.3, -0.25) is 4.79 Å². The van der Waals surface area contributed by atoms with Crippen molar-refractivity contribution < 1.29 is 14.6 Å². The Balaban J connectivity index is 2.20. The number of phenolic OH excluding ortho intramolecular Hbond substituents is 1. The molecule has 0 aliphatic carbocycles. The molecular formula is C19H18N2O3. The van der Waals surface area contributed by atoms with Gasteiger partial charge in [0.05, 0.1) is 7.11 Å². The van der Waals surface area contributed by atoms with Gasteiger partial charge in [0.2, 0.25) is 0 Å². The van der Waals surface area contributed by atoms with E-state index in [0.29, 0.717) is 11.3 Å². The first-order valence-electron chi connectivity index (χ1n) is 7.46. The molecule has 0 aromatic heterocycles. The monoisotopic (exact) mass is 322 g/mol. The second kappa shape index (κ2) is 7.84. The first kappa shape index (κ1) is 17.1. The van der Waals surface area contributed by atoms with Crippen LogP contribution in [0.25, 0.3) is 6.08 Å². The number of aryl methyl sites for hydroxylation is 1. The number of ether oxygens (including phenoxy) is 1. The number of hydrogen-bond donors (Lipinski definition) is 2. The Labute approximate surface area is 140 Å². The zero-order valence-electron chi connectivity index (χ0n) is 13.5. The van der Waals surface area contributed by atoms with E-state index in [0.717, 1.165) is 6.42 Å². The molecule has 0 saturated carbocycles. The number of carbonyl (C=O) groups is 1. The molecule has 0 bridgehead atoms. The van der Waals surface area contributed by atoms with Gasteiger partial charge in [-0.1, -0.05) is 25.1 Å². The molecule has 0 spiro atoms. The molecule has 2 rings (SSSR count). The zero-order chi connectivity index (χ0) is 17.5. The summed E-state index contributed by atoms with van der Waals surface area (Å²) in [6.45, 7) is 2.05. The quantitative estimate of drug-likeness (QED) is 0.652. The van der Waals surface area contributed by atoms with E-state index in [1.807, 2.05) is 18.2 Å². The topological polar surface area (TPSA) is 82.4 Å². The van der Waals surface area contributed by atoms with Crippen molar-refractivity contribution in [3.8, 4) is 17.6 Å². The van der Waals surface area contributed by atoms with Gasteiger partial charge in [0.15, 0.2) is 11.5 Å². The van der Waals surface area contributed by atoms with Crippen molar-refractivity contribution in [3.63, 3.8) is 0 Å². The van der Waals surface area contributed by atoms with Crippen molar-refractivity contribution in [2.75, 3.05) is 12.4 Å². The Kier molecular flexibility index (Phi) is 5.58. The maximum absolute atomic E-state index is 12.2. The van der Waals surface area contributed by atoms with Gasteiger partial charge in [-0.15, -0.1) is 0 Å². The van der Waals surface area contributed by atoms with E-state index in [1.165, 1.54) is 24.8 Å². The Morgan fingerprint density at radius 2 is 2.00 bits per heavy atom. The molecule has 2 aromatic rings. The van der Waals surface area contributed by atoms with Crippen LogP contribution in [0.2, 0.25) is 0 Å². The van der Waals surface area contributed by atoms with Gasteiger partial charge in [0.25, 0.3) is 5.91 Å². The highest BCUT2D eigenvalue weighted by molar-refractivity contribution is 6.09. The van der Waals surface area contributed by atoms with Gasteiger partial charge in [0, 0.05) is 5.69 Å². The summed E-state index contributed by atoms with van der Waals surface area (Å²) in [5.41, 5.74) is 2.34. The standard InChI is InChI=1S/C19H18N2O3/c1-3-13-4-7-16(8-5-13)21-19(23)15(12-20)10-14-6-9-17(22)18(11-14)24-2/h4-11,22H,3H2,1-2H3,(H,21,23)/b15-10-. The molecule has 2 aromatic carbocycles. The van der Waals surface area contributed by atoms with Crippen LogP contribution < -0.4 is 10.1 Å². The molecule has 0 saturated heterocycles. The third-order valence-electron chi connectivity index (χ3n) is 3.50. The Morgan fingerprint density at radius 1 is 1.29 bits per heavy atom. The predicted octanol–water partition coefficient (Wildman–Crippen LogP) is 3.51. The second-order valence-corrected chi connectivity index (χ2v) is 5.11. The SMILES string of the molecule is CCc1ccc(NC(=O)/C(C#N)=C\c2ccc(O)c(OC)c2)cc1. The number of anilines is 1. The number of rotatable bonds is 5. The number of nitriles is 1. The molecule has 5 heteroatoms. The fraction of sp³-hybridized carbons (Fsp3) is 0.158. The number of nitrogens with one attached hydrogen (secondary N) is 1. The molecule has 0 heterocycles. The number of phenols is 1. The molecule has 2 N–H and O–H groups in total. The summed E-state index contributed by atoms with van der Waals surface area (Å²) >= 11 is 0. The van der Waals surface area contributed by atoms with Crippen LogP contribution in [0.3, 0.4) is 0 Å². The molecule has 0 fully saturated rings. The molecule has 1 amide bonds. The smallest absolute Gasteiger partial charge is 0.266 e.